The van der Waals surface area contributed by atoms with Crippen molar-refractivity contribution >= 4 is 24.1 Å². The smallest absolute Gasteiger partial charge is 0.152 e. The van der Waals surface area contributed by atoms with Crippen LogP contribution in [0.2, 0.25) is 0 Å². The number of nitrogens with zero attached hydrogens (tertiary/aromatic N) is 3. The van der Waals surface area contributed by atoms with E-state index >= 15 is 0 Å². The predicted molar refractivity (Wildman–Crippen MR) is 122 cm³/mol. The molecule has 0 heterocycles. The van der Waals surface area contributed by atoms with E-state index in [0.29, 0.717) is 5.56 Å². The van der Waals surface area contributed by atoms with Gasteiger partial charge in [0.05, 0.1) is 5.69 Å². The second-order valence-corrected chi connectivity index (χ2v) is 7.61. The van der Waals surface area contributed by atoms with Crippen molar-refractivity contribution in [1.82, 2.24) is 9.80 Å². The molecule has 0 aliphatic heterocycles. The number of benzene rings is 2. The summed E-state index contributed by atoms with van der Waals surface area (Å²) in [6.07, 6.45) is 2.70. The van der Waals surface area contributed by atoms with Crippen LogP contribution in [0.1, 0.15) is 44.3 Å². The normalized spacial score (nSPS) is 11.0. The zero-order valence-corrected chi connectivity index (χ0v) is 18.7. The molecule has 2 aromatic carbocycles. The van der Waals surface area contributed by atoms with Crippen LogP contribution in [0.4, 0.5) is 5.69 Å². The van der Waals surface area contributed by atoms with Gasteiger partial charge in [-0.05, 0) is 64.5 Å². The molecule has 29 heavy (non-hydrogen) atoms. The lowest BCUT2D eigenvalue weighted by molar-refractivity contribution is 0.111. The van der Waals surface area contributed by atoms with E-state index in [4.69, 9.17) is 0 Å². The number of carbonyl (C=O) groups excluding carboxylic acids is 2. The molecular formula is C24H33N3O2. The van der Waals surface area contributed by atoms with Gasteiger partial charge in [0.1, 0.15) is 12.1 Å². The number of amidine groups is 1. The summed E-state index contributed by atoms with van der Waals surface area (Å²) in [7, 11) is 7.93. The van der Waals surface area contributed by atoms with Crippen molar-refractivity contribution < 1.29 is 9.59 Å². The molecule has 0 amide bonds. The Bertz CT molecular complexity index is 855. The second-order valence-electron chi connectivity index (χ2n) is 7.61. The first kappa shape index (κ1) is 24.2. The molecule has 0 saturated heterocycles. The van der Waals surface area contributed by atoms with Gasteiger partial charge < -0.3 is 9.80 Å². The highest BCUT2D eigenvalue weighted by Crippen LogP contribution is 2.19. The summed E-state index contributed by atoms with van der Waals surface area (Å²) in [5, 5.41) is 0. The average Bonchev–Trinajstić information content (AvgIpc) is 2.67. The van der Waals surface area contributed by atoms with Crippen LogP contribution >= 0.6 is 0 Å². The Morgan fingerprint density at radius 1 is 0.897 bits per heavy atom. The van der Waals surface area contributed by atoms with Crippen molar-refractivity contribution in [2.24, 2.45) is 4.99 Å². The van der Waals surface area contributed by atoms with Gasteiger partial charge in [0.15, 0.2) is 6.29 Å². The molecule has 5 nitrogen and oxygen atoms in total. The number of aliphatic imine (C=N–C) groups is 1. The standard InChI is InChI=1S/C12H16N2O.C12H17NO/c1-9-5-6-11(8-15)12(7-9)13-10(2)14(3)4;1-10-4-5-12(9-14)11(8-10)6-7-13(2)3/h5-8H,1-4H3;4-5,8-9H,6-7H2,1-3H3. The largest absolute Gasteiger partial charge is 0.366 e. The van der Waals surface area contributed by atoms with Gasteiger partial charge in [-0.15, -0.1) is 0 Å². The van der Waals surface area contributed by atoms with E-state index in [2.05, 4.69) is 16.0 Å². The fourth-order valence-corrected chi connectivity index (χ4v) is 2.53. The molecule has 0 bridgehead atoms. The molecule has 0 radical (unpaired) electrons. The SMILES string of the molecule is CC(=Nc1cc(C)ccc1C=O)N(C)C.Cc1ccc(C=O)c(CCN(C)C)c1. The highest BCUT2D eigenvalue weighted by Gasteiger charge is 2.03. The molecule has 0 saturated carbocycles. The number of hydrogen-bond acceptors (Lipinski definition) is 4. The van der Waals surface area contributed by atoms with Crippen molar-refractivity contribution in [2.45, 2.75) is 27.2 Å². The molecule has 0 aliphatic carbocycles. The summed E-state index contributed by atoms with van der Waals surface area (Å²) < 4.78 is 0. The minimum atomic E-state index is 0.627. The third-order valence-corrected chi connectivity index (χ3v) is 4.50. The van der Waals surface area contributed by atoms with Gasteiger partial charge in [0.2, 0.25) is 0 Å². The summed E-state index contributed by atoms with van der Waals surface area (Å²) in [5.74, 6) is 0.878. The maximum Gasteiger partial charge on any atom is 0.152 e. The molecule has 0 aliphatic rings. The van der Waals surface area contributed by atoms with Crippen LogP contribution in [-0.2, 0) is 6.42 Å². The molecule has 2 rings (SSSR count). The quantitative estimate of drug-likeness (QED) is 0.415. The predicted octanol–water partition coefficient (Wildman–Crippen LogP) is 4.33. The van der Waals surface area contributed by atoms with Crippen LogP contribution in [0.5, 0.6) is 0 Å². The highest BCUT2D eigenvalue weighted by molar-refractivity contribution is 5.88. The van der Waals surface area contributed by atoms with Crippen LogP contribution < -0.4 is 0 Å². The van der Waals surface area contributed by atoms with Gasteiger partial charge in [-0.25, -0.2) is 4.99 Å². The van der Waals surface area contributed by atoms with Gasteiger partial charge >= 0.3 is 0 Å². The van der Waals surface area contributed by atoms with Crippen LogP contribution in [0.15, 0.2) is 41.4 Å². The lowest BCUT2D eigenvalue weighted by Crippen LogP contribution is -2.17. The number of likely N-dealkylation sites (N-methyl/N-ethyl adjacent to an activating group) is 1. The Kier molecular flexibility index (Phi) is 9.97. The fraction of sp³-hybridized carbons (Fsp3) is 0.375. The van der Waals surface area contributed by atoms with Gasteiger partial charge in [0, 0.05) is 31.8 Å². The molecule has 0 N–H and O–H groups in total. The van der Waals surface area contributed by atoms with Crippen molar-refractivity contribution in [3.63, 3.8) is 0 Å². The Labute approximate surface area is 175 Å². The number of rotatable bonds is 6. The first-order chi connectivity index (χ1) is 13.7. The molecular weight excluding hydrogens is 362 g/mol. The highest BCUT2D eigenvalue weighted by atomic mass is 16.1. The number of carbonyl (C=O) groups is 2. The second kappa shape index (κ2) is 11.9. The van der Waals surface area contributed by atoms with E-state index in [1.807, 2.05) is 78.1 Å². The summed E-state index contributed by atoms with van der Waals surface area (Å²) in [4.78, 5) is 30.0. The molecule has 0 atom stereocenters. The summed E-state index contributed by atoms with van der Waals surface area (Å²) >= 11 is 0. The van der Waals surface area contributed by atoms with Gasteiger partial charge in [-0.3, -0.25) is 9.59 Å². The first-order valence-corrected chi connectivity index (χ1v) is 9.65. The van der Waals surface area contributed by atoms with E-state index < -0.39 is 0 Å². The first-order valence-electron chi connectivity index (χ1n) is 9.65. The van der Waals surface area contributed by atoms with E-state index in [-0.39, 0.29) is 0 Å². The fourth-order valence-electron chi connectivity index (χ4n) is 2.53. The average molecular weight is 396 g/mol. The molecule has 0 unspecified atom stereocenters. The number of hydrogen-bond donors (Lipinski definition) is 0. The third-order valence-electron chi connectivity index (χ3n) is 4.50. The number of aldehydes is 2. The lowest BCUT2D eigenvalue weighted by atomic mass is 10.0. The van der Waals surface area contributed by atoms with Crippen molar-refractivity contribution in [3.8, 4) is 0 Å². The van der Waals surface area contributed by atoms with E-state index in [0.717, 1.165) is 53.8 Å². The van der Waals surface area contributed by atoms with Crippen LogP contribution in [-0.4, -0.2) is 62.9 Å². The Morgan fingerprint density at radius 2 is 1.45 bits per heavy atom. The summed E-state index contributed by atoms with van der Waals surface area (Å²) in [5.41, 5.74) is 5.64. The number of aryl methyl sites for hydroxylation is 2. The van der Waals surface area contributed by atoms with E-state index in [9.17, 15) is 9.59 Å². The van der Waals surface area contributed by atoms with Gasteiger partial charge in [-0.2, -0.15) is 0 Å². The Morgan fingerprint density at radius 3 is 1.97 bits per heavy atom. The maximum atomic E-state index is 10.8. The molecule has 2 aromatic rings. The molecule has 0 spiro atoms. The van der Waals surface area contributed by atoms with Crippen molar-refractivity contribution in [1.29, 1.82) is 0 Å². The van der Waals surface area contributed by atoms with Crippen LogP contribution in [0.25, 0.3) is 0 Å². The summed E-state index contributed by atoms with van der Waals surface area (Å²) in [6.45, 7) is 6.92. The monoisotopic (exact) mass is 395 g/mol. The third kappa shape index (κ3) is 8.40. The minimum absolute atomic E-state index is 0.627. The molecule has 0 aromatic heterocycles. The van der Waals surface area contributed by atoms with E-state index in [1.54, 1.807) is 6.07 Å². The Hall–Kier alpha value is -2.79. The maximum absolute atomic E-state index is 10.8. The molecule has 5 heteroatoms. The zero-order chi connectivity index (χ0) is 22.0. The minimum Gasteiger partial charge on any atom is -0.366 e. The zero-order valence-electron chi connectivity index (χ0n) is 18.7. The molecule has 156 valence electrons. The molecule has 0 fully saturated rings. The van der Waals surface area contributed by atoms with E-state index in [1.165, 1.54) is 5.56 Å². The lowest BCUT2D eigenvalue weighted by Gasteiger charge is -2.11. The topological polar surface area (TPSA) is 53.0 Å². The summed E-state index contributed by atoms with van der Waals surface area (Å²) in [6, 6.07) is 11.6. The van der Waals surface area contributed by atoms with Gasteiger partial charge in [0.25, 0.3) is 0 Å². The van der Waals surface area contributed by atoms with Crippen LogP contribution in [0, 0.1) is 13.8 Å². The van der Waals surface area contributed by atoms with Crippen LogP contribution in [0.3, 0.4) is 0 Å². The van der Waals surface area contributed by atoms with Crippen molar-refractivity contribution in [2.75, 3.05) is 34.7 Å². The van der Waals surface area contributed by atoms with Crippen molar-refractivity contribution in [3.05, 3.63) is 64.2 Å². The Balaban J connectivity index is 0.000000291. The van der Waals surface area contributed by atoms with Gasteiger partial charge in [-0.1, -0.05) is 29.8 Å².